The summed E-state index contributed by atoms with van der Waals surface area (Å²) in [4.78, 5) is 37.3. The molecule has 9 heteroatoms. The lowest BCUT2D eigenvalue weighted by molar-refractivity contribution is -0.385. The highest BCUT2D eigenvalue weighted by atomic mass is 16.6. The van der Waals surface area contributed by atoms with Crippen molar-refractivity contribution in [1.82, 2.24) is 0 Å². The SMILES string of the molecule is COc1ccc(C)cc1NC(=O)c1cccc([N+](=O)[O-])c1C(=O)Nc1cc(C)ccc1OC. The Labute approximate surface area is 190 Å². The number of rotatable bonds is 7. The number of carbonyl (C=O) groups excluding carboxylic acids is 2. The smallest absolute Gasteiger partial charge is 0.282 e. The number of ether oxygens (including phenoxy) is 2. The third-order valence-corrected chi connectivity index (χ3v) is 4.92. The van der Waals surface area contributed by atoms with E-state index in [-0.39, 0.29) is 11.1 Å². The normalized spacial score (nSPS) is 10.3. The average Bonchev–Trinajstić information content (AvgIpc) is 2.78. The van der Waals surface area contributed by atoms with Gasteiger partial charge in [-0.15, -0.1) is 0 Å². The minimum atomic E-state index is -0.812. The van der Waals surface area contributed by atoms with E-state index in [4.69, 9.17) is 9.47 Å². The van der Waals surface area contributed by atoms with Gasteiger partial charge >= 0.3 is 0 Å². The lowest BCUT2D eigenvalue weighted by Gasteiger charge is -2.15. The maximum atomic E-state index is 13.2. The monoisotopic (exact) mass is 449 g/mol. The van der Waals surface area contributed by atoms with E-state index in [1.807, 2.05) is 19.9 Å². The first-order valence-corrected chi connectivity index (χ1v) is 9.94. The zero-order valence-corrected chi connectivity index (χ0v) is 18.6. The zero-order chi connectivity index (χ0) is 24.1. The first kappa shape index (κ1) is 23.3. The Morgan fingerprint density at radius 1 is 0.818 bits per heavy atom. The van der Waals surface area contributed by atoms with Gasteiger partial charge < -0.3 is 20.1 Å². The molecule has 0 radical (unpaired) electrons. The molecule has 170 valence electrons. The van der Waals surface area contributed by atoms with Gasteiger partial charge in [0.25, 0.3) is 17.5 Å². The van der Waals surface area contributed by atoms with Crippen molar-refractivity contribution >= 4 is 28.9 Å². The maximum absolute atomic E-state index is 13.2. The summed E-state index contributed by atoms with van der Waals surface area (Å²) in [5, 5.41) is 17.0. The van der Waals surface area contributed by atoms with E-state index >= 15 is 0 Å². The Morgan fingerprint density at radius 3 is 1.82 bits per heavy atom. The molecule has 0 heterocycles. The number of anilines is 2. The van der Waals surface area contributed by atoms with E-state index in [1.165, 1.54) is 32.4 Å². The minimum absolute atomic E-state index is 0.156. The molecule has 2 N–H and O–H groups in total. The molecule has 0 atom stereocenters. The van der Waals surface area contributed by atoms with Crippen molar-refractivity contribution in [2.75, 3.05) is 24.9 Å². The van der Waals surface area contributed by atoms with Crippen LogP contribution in [0.5, 0.6) is 11.5 Å². The Balaban J connectivity index is 2.04. The van der Waals surface area contributed by atoms with Crippen LogP contribution >= 0.6 is 0 Å². The molecule has 33 heavy (non-hydrogen) atoms. The zero-order valence-electron chi connectivity index (χ0n) is 18.6. The van der Waals surface area contributed by atoms with Gasteiger partial charge in [-0.3, -0.25) is 19.7 Å². The van der Waals surface area contributed by atoms with Gasteiger partial charge in [-0.2, -0.15) is 0 Å². The van der Waals surface area contributed by atoms with E-state index in [9.17, 15) is 19.7 Å². The molecule has 0 unspecified atom stereocenters. The Hall–Kier alpha value is -4.40. The maximum Gasteiger partial charge on any atom is 0.282 e. The first-order chi connectivity index (χ1) is 15.7. The molecular weight excluding hydrogens is 426 g/mol. The number of carbonyl (C=O) groups is 2. The lowest BCUT2D eigenvalue weighted by atomic mass is 10.0. The van der Waals surface area contributed by atoms with Crippen molar-refractivity contribution in [2.24, 2.45) is 0 Å². The van der Waals surface area contributed by atoms with Gasteiger partial charge in [0, 0.05) is 6.07 Å². The molecule has 0 saturated heterocycles. The standard InChI is InChI=1S/C24H23N3O6/c1-14-8-10-20(32-3)17(12-14)25-23(28)16-6-5-7-19(27(30)31)22(16)24(29)26-18-13-15(2)9-11-21(18)33-4/h5-13H,1-4H3,(H,25,28)(H,26,29). The summed E-state index contributed by atoms with van der Waals surface area (Å²) in [7, 11) is 2.90. The van der Waals surface area contributed by atoms with Gasteiger partial charge in [-0.25, -0.2) is 0 Å². The number of benzene rings is 3. The molecule has 0 spiro atoms. The Kier molecular flexibility index (Phi) is 6.92. The summed E-state index contributed by atoms with van der Waals surface area (Å²) >= 11 is 0. The van der Waals surface area contributed by atoms with E-state index in [0.29, 0.717) is 22.9 Å². The lowest BCUT2D eigenvalue weighted by Crippen LogP contribution is -2.22. The number of amides is 2. The van der Waals surface area contributed by atoms with Crippen LogP contribution in [0.15, 0.2) is 54.6 Å². The average molecular weight is 449 g/mol. The molecule has 9 nitrogen and oxygen atoms in total. The number of nitrogens with zero attached hydrogens (tertiary/aromatic N) is 1. The van der Waals surface area contributed by atoms with E-state index in [2.05, 4.69) is 10.6 Å². The molecule has 0 bridgehead atoms. The van der Waals surface area contributed by atoms with Crippen molar-refractivity contribution in [1.29, 1.82) is 0 Å². The fourth-order valence-electron chi connectivity index (χ4n) is 3.33. The molecule has 3 aromatic carbocycles. The molecule has 0 fully saturated rings. The first-order valence-electron chi connectivity index (χ1n) is 9.94. The third-order valence-electron chi connectivity index (χ3n) is 4.92. The van der Waals surface area contributed by atoms with Gasteiger partial charge in [0.05, 0.1) is 36.1 Å². The predicted octanol–water partition coefficient (Wildman–Crippen LogP) is 4.73. The second-order valence-corrected chi connectivity index (χ2v) is 7.27. The van der Waals surface area contributed by atoms with Gasteiger partial charge in [0.15, 0.2) is 0 Å². The van der Waals surface area contributed by atoms with Crippen LogP contribution in [0.3, 0.4) is 0 Å². The van der Waals surface area contributed by atoms with Gasteiger partial charge in [0.2, 0.25) is 0 Å². The number of nitro groups is 1. The molecule has 0 aliphatic carbocycles. The molecular formula is C24H23N3O6. The van der Waals surface area contributed by atoms with Crippen LogP contribution in [-0.2, 0) is 0 Å². The summed E-state index contributed by atoms with van der Waals surface area (Å²) in [5.41, 5.74) is 1.40. The largest absolute Gasteiger partial charge is 0.495 e. The van der Waals surface area contributed by atoms with Crippen molar-refractivity contribution < 1.29 is 24.0 Å². The van der Waals surface area contributed by atoms with Crippen molar-refractivity contribution in [3.05, 3.63) is 87.0 Å². The highest BCUT2D eigenvalue weighted by Crippen LogP contribution is 2.30. The number of aryl methyl sites for hydroxylation is 2. The quantitative estimate of drug-likeness (QED) is 0.397. The summed E-state index contributed by atoms with van der Waals surface area (Å²) in [5.74, 6) is -0.713. The highest BCUT2D eigenvalue weighted by molar-refractivity contribution is 6.17. The number of nitrogens with one attached hydrogen (secondary N) is 2. The van der Waals surface area contributed by atoms with E-state index in [0.717, 1.165) is 11.1 Å². The Bertz CT molecular complexity index is 1240. The summed E-state index contributed by atoms with van der Waals surface area (Å²) in [6.07, 6.45) is 0. The van der Waals surface area contributed by atoms with Crippen LogP contribution in [0, 0.1) is 24.0 Å². The number of methoxy groups -OCH3 is 2. The molecule has 0 aliphatic rings. The fraction of sp³-hybridized carbons (Fsp3) is 0.167. The molecule has 0 aromatic heterocycles. The number of nitro benzene ring substituents is 1. The van der Waals surface area contributed by atoms with Gasteiger partial charge in [0.1, 0.15) is 17.1 Å². The van der Waals surface area contributed by atoms with Crippen LogP contribution in [0.1, 0.15) is 31.8 Å². The van der Waals surface area contributed by atoms with E-state index in [1.54, 1.807) is 30.3 Å². The molecule has 0 aliphatic heterocycles. The highest BCUT2D eigenvalue weighted by Gasteiger charge is 2.28. The second kappa shape index (κ2) is 9.82. The van der Waals surface area contributed by atoms with Gasteiger partial charge in [-0.05, 0) is 55.3 Å². The van der Waals surface area contributed by atoms with Crippen LogP contribution in [0.25, 0.3) is 0 Å². The molecule has 2 amide bonds. The molecule has 3 rings (SSSR count). The van der Waals surface area contributed by atoms with Crippen LogP contribution in [-0.4, -0.2) is 31.0 Å². The number of hydrogen-bond acceptors (Lipinski definition) is 6. The van der Waals surface area contributed by atoms with Crippen molar-refractivity contribution in [2.45, 2.75) is 13.8 Å². The van der Waals surface area contributed by atoms with Crippen LogP contribution in [0.4, 0.5) is 17.1 Å². The van der Waals surface area contributed by atoms with Crippen LogP contribution < -0.4 is 20.1 Å². The summed E-state index contributed by atoms with van der Waals surface area (Å²) in [6.45, 7) is 3.67. The third kappa shape index (κ3) is 5.09. The van der Waals surface area contributed by atoms with Gasteiger partial charge in [-0.1, -0.05) is 18.2 Å². The van der Waals surface area contributed by atoms with Crippen LogP contribution in [0.2, 0.25) is 0 Å². The Morgan fingerprint density at radius 2 is 1.33 bits per heavy atom. The predicted molar refractivity (Wildman–Crippen MR) is 124 cm³/mol. The minimum Gasteiger partial charge on any atom is -0.495 e. The fourth-order valence-corrected chi connectivity index (χ4v) is 3.33. The second-order valence-electron chi connectivity index (χ2n) is 7.27. The topological polar surface area (TPSA) is 120 Å². The molecule has 3 aromatic rings. The van der Waals surface area contributed by atoms with E-state index < -0.39 is 22.4 Å². The summed E-state index contributed by atoms with van der Waals surface area (Å²) < 4.78 is 10.5. The number of hydrogen-bond donors (Lipinski definition) is 2. The van der Waals surface area contributed by atoms with Crippen molar-refractivity contribution in [3.63, 3.8) is 0 Å². The molecule has 0 saturated carbocycles. The van der Waals surface area contributed by atoms with Crippen molar-refractivity contribution in [3.8, 4) is 11.5 Å². The summed E-state index contributed by atoms with van der Waals surface area (Å²) in [6, 6.07) is 14.2.